The van der Waals surface area contributed by atoms with Gasteiger partial charge in [-0.05, 0) is 79.1 Å². The van der Waals surface area contributed by atoms with Crippen molar-refractivity contribution in [3.63, 3.8) is 0 Å². The molecule has 3 aromatic rings. The SMILES string of the molecule is N#Cc1ccc(OCc2nccc(Oc3ccc(CC4C=C(F)C=CC4CC4CCO4)cc3F)n2)c(F)c1. The highest BCUT2D eigenvalue weighted by atomic mass is 19.1. The predicted molar refractivity (Wildman–Crippen MR) is 132 cm³/mol. The van der Waals surface area contributed by atoms with Crippen molar-refractivity contribution in [1.82, 2.24) is 9.97 Å². The second-order valence-corrected chi connectivity index (χ2v) is 9.18. The first kappa shape index (κ1) is 25.5. The lowest BCUT2D eigenvalue weighted by molar-refractivity contribution is -0.0622. The first-order valence-electron chi connectivity index (χ1n) is 12.2. The van der Waals surface area contributed by atoms with Gasteiger partial charge >= 0.3 is 0 Å². The molecule has 38 heavy (non-hydrogen) atoms. The van der Waals surface area contributed by atoms with Gasteiger partial charge in [0.15, 0.2) is 29.0 Å². The molecule has 2 aromatic carbocycles. The molecule has 1 saturated heterocycles. The molecule has 5 rings (SSSR count). The Morgan fingerprint density at radius 1 is 1.03 bits per heavy atom. The van der Waals surface area contributed by atoms with E-state index in [0.717, 1.165) is 31.1 Å². The lowest BCUT2D eigenvalue weighted by Gasteiger charge is -2.33. The zero-order valence-electron chi connectivity index (χ0n) is 20.3. The number of halogens is 3. The van der Waals surface area contributed by atoms with Gasteiger partial charge in [-0.2, -0.15) is 10.2 Å². The zero-order chi connectivity index (χ0) is 26.5. The lowest BCUT2D eigenvalue weighted by Crippen LogP contribution is -2.31. The van der Waals surface area contributed by atoms with Crippen molar-refractivity contribution in [3.8, 4) is 23.4 Å². The van der Waals surface area contributed by atoms with E-state index in [1.165, 1.54) is 42.6 Å². The number of hydrogen-bond acceptors (Lipinski definition) is 6. The van der Waals surface area contributed by atoms with Gasteiger partial charge in [0.1, 0.15) is 12.4 Å². The number of benzene rings is 2. The van der Waals surface area contributed by atoms with E-state index in [1.54, 1.807) is 12.1 Å². The van der Waals surface area contributed by atoms with E-state index >= 15 is 0 Å². The van der Waals surface area contributed by atoms with E-state index in [9.17, 15) is 13.2 Å². The number of nitriles is 1. The molecule has 1 aromatic heterocycles. The van der Waals surface area contributed by atoms with Crippen molar-refractivity contribution in [2.75, 3.05) is 6.61 Å². The van der Waals surface area contributed by atoms with Crippen LogP contribution in [-0.2, 0) is 17.8 Å². The van der Waals surface area contributed by atoms with Crippen LogP contribution in [0.2, 0.25) is 0 Å². The highest BCUT2D eigenvalue weighted by Gasteiger charge is 2.28. The minimum Gasteiger partial charge on any atom is -0.483 e. The first-order chi connectivity index (χ1) is 18.5. The fourth-order valence-corrected chi connectivity index (χ4v) is 4.45. The fourth-order valence-electron chi connectivity index (χ4n) is 4.45. The predicted octanol–water partition coefficient (Wildman–Crippen LogP) is 6.37. The summed E-state index contributed by atoms with van der Waals surface area (Å²) in [5.41, 5.74) is 0.900. The van der Waals surface area contributed by atoms with Gasteiger partial charge < -0.3 is 14.2 Å². The Labute approximate surface area is 218 Å². The minimum atomic E-state index is -0.677. The Balaban J connectivity index is 1.22. The van der Waals surface area contributed by atoms with Crippen LogP contribution in [0, 0.1) is 34.8 Å². The number of hydrogen-bond donors (Lipinski definition) is 0. The smallest absolute Gasteiger partial charge is 0.222 e. The van der Waals surface area contributed by atoms with Crippen molar-refractivity contribution in [2.24, 2.45) is 11.8 Å². The second-order valence-electron chi connectivity index (χ2n) is 9.18. The van der Waals surface area contributed by atoms with Crippen molar-refractivity contribution in [3.05, 3.63) is 101 Å². The van der Waals surface area contributed by atoms with Crippen molar-refractivity contribution in [1.29, 1.82) is 5.26 Å². The van der Waals surface area contributed by atoms with Gasteiger partial charge in [-0.25, -0.2) is 18.2 Å². The third-order valence-electron chi connectivity index (χ3n) is 6.53. The maximum absolute atomic E-state index is 14.9. The molecular weight excluding hydrogens is 495 g/mol. The number of ether oxygens (including phenoxy) is 3. The third-order valence-corrected chi connectivity index (χ3v) is 6.53. The van der Waals surface area contributed by atoms with E-state index in [1.807, 2.05) is 12.1 Å². The van der Waals surface area contributed by atoms with Gasteiger partial charge in [0.05, 0.1) is 17.7 Å². The van der Waals surface area contributed by atoms with Crippen LogP contribution in [0.3, 0.4) is 0 Å². The highest BCUT2D eigenvalue weighted by molar-refractivity contribution is 5.36. The molecule has 0 saturated carbocycles. The van der Waals surface area contributed by atoms with Crippen LogP contribution >= 0.6 is 0 Å². The average molecular weight is 520 g/mol. The lowest BCUT2D eigenvalue weighted by atomic mass is 9.79. The molecule has 0 N–H and O–H groups in total. The molecule has 3 unspecified atom stereocenters. The summed E-state index contributed by atoms with van der Waals surface area (Å²) in [6, 6.07) is 11.8. The molecule has 0 amide bonds. The number of allylic oxidation sites excluding steroid dienone is 4. The summed E-state index contributed by atoms with van der Waals surface area (Å²) in [4.78, 5) is 8.26. The Kier molecular flexibility index (Phi) is 7.70. The molecule has 0 bridgehead atoms. The summed E-state index contributed by atoms with van der Waals surface area (Å²) in [6.45, 7) is 0.605. The monoisotopic (exact) mass is 519 g/mol. The van der Waals surface area contributed by atoms with Crippen molar-refractivity contribution in [2.45, 2.75) is 32.0 Å². The van der Waals surface area contributed by atoms with Crippen molar-refractivity contribution >= 4 is 0 Å². The molecule has 0 spiro atoms. The molecule has 1 aliphatic heterocycles. The molecule has 2 aliphatic rings. The van der Waals surface area contributed by atoms with Gasteiger partial charge in [0, 0.05) is 18.9 Å². The summed E-state index contributed by atoms with van der Waals surface area (Å²) in [5.74, 6) is -1.30. The Hall–Kier alpha value is -4.16. The molecule has 1 aliphatic carbocycles. The summed E-state index contributed by atoms with van der Waals surface area (Å²) in [6.07, 6.45) is 8.87. The van der Waals surface area contributed by atoms with Gasteiger partial charge in [-0.1, -0.05) is 12.1 Å². The van der Waals surface area contributed by atoms with Gasteiger partial charge in [-0.15, -0.1) is 0 Å². The Bertz CT molecular complexity index is 1420. The van der Waals surface area contributed by atoms with Crippen LogP contribution in [0.15, 0.2) is 72.7 Å². The zero-order valence-corrected chi connectivity index (χ0v) is 20.3. The quantitative estimate of drug-likeness (QED) is 0.327. The molecule has 2 heterocycles. The van der Waals surface area contributed by atoms with E-state index in [4.69, 9.17) is 19.5 Å². The average Bonchev–Trinajstić information content (AvgIpc) is 2.88. The first-order valence-corrected chi connectivity index (χ1v) is 12.2. The number of aromatic nitrogens is 2. The molecule has 1 fully saturated rings. The van der Waals surface area contributed by atoms with Crippen LogP contribution < -0.4 is 9.47 Å². The van der Waals surface area contributed by atoms with E-state index in [-0.39, 0.29) is 59.1 Å². The van der Waals surface area contributed by atoms with Gasteiger partial charge in [-0.3, -0.25) is 0 Å². The van der Waals surface area contributed by atoms with Crippen LogP contribution in [0.4, 0.5) is 13.2 Å². The summed E-state index contributed by atoms with van der Waals surface area (Å²) < 4.78 is 59.5. The molecule has 194 valence electrons. The van der Waals surface area contributed by atoms with Gasteiger partial charge in [0.2, 0.25) is 5.88 Å². The highest BCUT2D eigenvalue weighted by Crippen LogP contribution is 2.34. The maximum atomic E-state index is 14.9. The standard InChI is InChI=1S/C29H24F3N3O3/c30-22-4-3-20(15-23-8-10-36-23)21(14-22)11-18-1-6-27(25(32)12-18)38-29-7-9-34-28(35-29)17-37-26-5-2-19(16-33)13-24(26)31/h1-7,9,12-14,20-21,23H,8,10-11,15,17H2. The van der Waals surface area contributed by atoms with Crippen LogP contribution in [0.5, 0.6) is 17.4 Å². The largest absolute Gasteiger partial charge is 0.483 e. The summed E-state index contributed by atoms with van der Waals surface area (Å²) in [5, 5.41) is 8.84. The Morgan fingerprint density at radius 2 is 1.84 bits per heavy atom. The fraction of sp³-hybridized carbons (Fsp3) is 0.276. The normalized spacial score (nSPS) is 20.3. The number of rotatable bonds is 9. The summed E-state index contributed by atoms with van der Waals surface area (Å²) >= 11 is 0. The van der Waals surface area contributed by atoms with Gasteiger partial charge in [0.25, 0.3) is 0 Å². The molecule has 0 radical (unpaired) electrons. The second kappa shape index (κ2) is 11.5. The van der Waals surface area contributed by atoms with E-state index in [2.05, 4.69) is 9.97 Å². The van der Waals surface area contributed by atoms with E-state index < -0.39 is 11.6 Å². The van der Waals surface area contributed by atoms with Crippen LogP contribution in [0.25, 0.3) is 0 Å². The Morgan fingerprint density at radius 3 is 2.58 bits per heavy atom. The molecule has 9 heteroatoms. The molecular formula is C29H24F3N3O3. The molecule has 6 nitrogen and oxygen atoms in total. The molecule has 3 atom stereocenters. The van der Waals surface area contributed by atoms with Crippen molar-refractivity contribution < 1.29 is 27.4 Å². The topological polar surface area (TPSA) is 77.3 Å². The van der Waals surface area contributed by atoms with Crippen LogP contribution in [0.1, 0.15) is 29.8 Å². The minimum absolute atomic E-state index is 0.0258. The van der Waals surface area contributed by atoms with Crippen LogP contribution in [-0.4, -0.2) is 22.7 Å². The third kappa shape index (κ3) is 6.21. The van der Waals surface area contributed by atoms with E-state index in [0.29, 0.717) is 6.42 Å². The maximum Gasteiger partial charge on any atom is 0.222 e. The number of nitrogens with zero attached hydrogens (tertiary/aromatic N) is 3. The summed E-state index contributed by atoms with van der Waals surface area (Å²) in [7, 11) is 0.